The largest absolute Gasteiger partial charge is 0.479 e. The van der Waals surface area contributed by atoms with Crippen molar-refractivity contribution in [3.05, 3.63) is 0 Å². The molecular weight excluding hydrogens is 625 g/mol. The van der Waals surface area contributed by atoms with Crippen LogP contribution in [0.2, 0.25) is 0 Å². The van der Waals surface area contributed by atoms with Crippen molar-refractivity contribution >= 4 is 34.5 Å². The van der Waals surface area contributed by atoms with Crippen LogP contribution in [0.3, 0.4) is 0 Å². The van der Waals surface area contributed by atoms with Gasteiger partial charge in [0.2, 0.25) is 0 Å². The average molecular weight is 701 g/mol. The molecule has 0 aromatic rings. The van der Waals surface area contributed by atoms with Crippen molar-refractivity contribution in [2.75, 3.05) is 13.2 Å². The first-order valence-corrected chi connectivity index (χ1v) is 21.1. The molecule has 1 saturated heterocycles. The van der Waals surface area contributed by atoms with E-state index in [1.165, 1.54) is 154 Å². The predicted octanol–water partition coefficient (Wildman–Crippen LogP) is 11.9. The minimum absolute atomic E-state index is 0.232. The van der Waals surface area contributed by atoms with Crippen LogP contribution in [0.1, 0.15) is 206 Å². The molecule has 5 nitrogen and oxygen atoms in total. The number of unbranched alkanes of at least 4 members (excludes halogenated alkanes) is 26. The van der Waals surface area contributed by atoms with Crippen LogP contribution in [0, 0.1) is 0 Å². The van der Waals surface area contributed by atoms with Gasteiger partial charge in [-0.25, -0.2) is 0 Å². The lowest BCUT2D eigenvalue weighted by Crippen LogP contribution is -2.43. The van der Waals surface area contributed by atoms with E-state index in [0.29, 0.717) is 16.5 Å². The van der Waals surface area contributed by atoms with E-state index >= 15 is 0 Å². The standard InChI is InChI=1S/C40H76O5S2/c1-3-5-7-9-11-13-15-17-19-21-23-25-27-29-31-37(46)44-35(33-41)40-39(42)36(34-43-40)45-38(47)32-30-28-26-24-22-20-18-16-14-12-10-8-6-4-2/h35-36,39-42H,3-34H2,1-2H3/t35-,36+,39-,40-/m1/s1. The molecule has 0 bridgehead atoms. The number of thiocarbonyl (C=S) groups is 2. The Morgan fingerprint density at radius 3 is 1.28 bits per heavy atom. The molecule has 1 heterocycles. The Bertz CT molecular complexity index is 721. The summed E-state index contributed by atoms with van der Waals surface area (Å²) in [6.07, 6.45) is 35.6. The molecule has 0 aromatic carbocycles. The summed E-state index contributed by atoms with van der Waals surface area (Å²) in [6.45, 7) is 4.52. The van der Waals surface area contributed by atoms with Gasteiger partial charge in [0.1, 0.15) is 12.2 Å². The first-order valence-electron chi connectivity index (χ1n) is 20.3. The van der Waals surface area contributed by atoms with Gasteiger partial charge in [-0.1, -0.05) is 181 Å². The van der Waals surface area contributed by atoms with Gasteiger partial charge in [0, 0.05) is 12.8 Å². The summed E-state index contributed by atoms with van der Waals surface area (Å²) >= 11 is 10.9. The molecule has 2 N–H and O–H groups in total. The molecule has 0 aliphatic carbocycles. The molecule has 1 rings (SSSR count). The van der Waals surface area contributed by atoms with Crippen molar-refractivity contribution in [3.8, 4) is 0 Å². The van der Waals surface area contributed by atoms with Gasteiger partial charge in [0.15, 0.2) is 22.3 Å². The van der Waals surface area contributed by atoms with Crippen LogP contribution in [0.15, 0.2) is 0 Å². The van der Waals surface area contributed by atoms with E-state index in [9.17, 15) is 10.2 Å². The SMILES string of the molecule is CCCCCCCCCCCCCCCCC(=S)O[C@H]1CO[C@H]([C@@H](CO)OC(=S)CCCCCCCCCCCCCCCC)[C@@H]1O. The summed E-state index contributed by atoms with van der Waals surface area (Å²) in [6, 6.07) is 0. The van der Waals surface area contributed by atoms with Crippen LogP contribution in [0.25, 0.3) is 0 Å². The number of ether oxygens (including phenoxy) is 3. The first kappa shape index (κ1) is 44.7. The fourth-order valence-electron chi connectivity index (χ4n) is 6.64. The Kier molecular flexibility index (Phi) is 31.2. The van der Waals surface area contributed by atoms with E-state index in [4.69, 9.17) is 38.6 Å². The van der Waals surface area contributed by atoms with Gasteiger partial charge in [-0.3, -0.25) is 0 Å². The molecule has 1 aliphatic heterocycles. The minimum Gasteiger partial charge on any atom is -0.479 e. The summed E-state index contributed by atoms with van der Waals surface area (Å²) in [5, 5.41) is 21.9. The van der Waals surface area contributed by atoms with Gasteiger partial charge in [-0.05, 0) is 37.3 Å². The second kappa shape index (κ2) is 32.8. The lowest BCUT2D eigenvalue weighted by Gasteiger charge is -2.26. The Morgan fingerprint density at radius 2 is 0.915 bits per heavy atom. The molecule has 7 heteroatoms. The Hall–Kier alpha value is -0.340. The summed E-state index contributed by atoms with van der Waals surface area (Å²) in [7, 11) is 0. The van der Waals surface area contributed by atoms with Crippen molar-refractivity contribution in [2.45, 2.75) is 231 Å². The second-order valence-corrected chi connectivity index (χ2v) is 15.1. The third-order valence-electron chi connectivity index (χ3n) is 9.75. The van der Waals surface area contributed by atoms with Crippen LogP contribution >= 0.6 is 24.4 Å². The van der Waals surface area contributed by atoms with Gasteiger partial charge >= 0.3 is 0 Å². The molecular formula is C40H76O5S2. The van der Waals surface area contributed by atoms with E-state index in [0.717, 1.165) is 32.1 Å². The number of aliphatic hydroxyl groups excluding tert-OH is 2. The topological polar surface area (TPSA) is 68.2 Å². The maximum atomic E-state index is 10.9. The Morgan fingerprint density at radius 1 is 0.574 bits per heavy atom. The van der Waals surface area contributed by atoms with Crippen molar-refractivity contribution in [1.29, 1.82) is 0 Å². The molecule has 0 aromatic heterocycles. The zero-order valence-corrected chi connectivity index (χ0v) is 32.5. The highest BCUT2D eigenvalue weighted by molar-refractivity contribution is 7.80. The quantitative estimate of drug-likeness (QED) is 0.0511. The highest BCUT2D eigenvalue weighted by Crippen LogP contribution is 2.24. The zero-order chi connectivity index (χ0) is 34.2. The number of rotatable bonds is 34. The first-order chi connectivity index (χ1) is 23.0. The van der Waals surface area contributed by atoms with Gasteiger partial charge in [-0.15, -0.1) is 0 Å². The van der Waals surface area contributed by atoms with E-state index < -0.39 is 24.4 Å². The molecule has 0 saturated carbocycles. The summed E-state index contributed by atoms with van der Waals surface area (Å²) in [5.74, 6) is 0. The van der Waals surface area contributed by atoms with Crippen molar-refractivity contribution < 1.29 is 24.4 Å². The lowest BCUT2D eigenvalue weighted by molar-refractivity contribution is -0.0615. The predicted molar refractivity (Wildman–Crippen MR) is 208 cm³/mol. The number of hydrogen-bond acceptors (Lipinski definition) is 7. The minimum atomic E-state index is -0.912. The molecule has 4 atom stereocenters. The maximum absolute atomic E-state index is 10.9. The second-order valence-electron chi connectivity index (χ2n) is 14.2. The van der Waals surface area contributed by atoms with E-state index in [2.05, 4.69) is 13.8 Å². The van der Waals surface area contributed by atoms with Crippen LogP contribution in [-0.2, 0) is 14.2 Å². The number of hydrogen-bond donors (Lipinski definition) is 2. The van der Waals surface area contributed by atoms with E-state index in [1.807, 2.05) is 0 Å². The third-order valence-corrected chi connectivity index (χ3v) is 10.4. The van der Waals surface area contributed by atoms with Crippen molar-refractivity contribution in [3.63, 3.8) is 0 Å². The number of aliphatic hydroxyl groups is 2. The van der Waals surface area contributed by atoms with Gasteiger partial charge in [-0.2, -0.15) is 0 Å². The van der Waals surface area contributed by atoms with Crippen molar-refractivity contribution in [2.24, 2.45) is 0 Å². The fourth-order valence-corrected chi connectivity index (χ4v) is 7.17. The van der Waals surface area contributed by atoms with Crippen LogP contribution in [0.4, 0.5) is 0 Å². The lowest BCUT2D eigenvalue weighted by atomic mass is 10.0. The molecule has 0 unspecified atom stereocenters. The third kappa shape index (κ3) is 25.3. The molecule has 0 spiro atoms. The normalized spacial score (nSPS) is 18.4. The van der Waals surface area contributed by atoms with Crippen LogP contribution in [-0.4, -0.2) is 57.9 Å². The highest BCUT2D eigenvalue weighted by atomic mass is 32.1. The highest BCUT2D eigenvalue weighted by Gasteiger charge is 2.43. The van der Waals surface area contributed by atoms with E-state index in [-0.39, 0.29) is 13.2 Å². The average Bonchev–Trinajstić information content (AvgIpc) is 3.42. The van der Waals surface area contributed by atoms with Crippen molar-refractivity contribution in [1.82, 2.24) is 0 Å². The van der Waals surface area contributed by atoms with Crippen LogP contribution < -0.4 is 0 Å². The Labute approximate surface area is 302 Å². The molecule has 0 radical (unpaired) electrons. The van der Waals surface area contributed by atoms with Gasteiger partial charge < -0.3 is 24.4 Å². The summed E-state index contributed by atoms with van der Waals surface area (Å²) in [5.41, 5.74) is 0. The molecule has 0 amide bonds. The van der Waals surface area contributed by atoms with E-state index in [1.54, 1.807) is 0 Å². The summed E-state index contributed by atoms with van der Waals surface area (Å²) in [4.78, 5) is 0. The maximum Gasteiger partial charge on any atom is 0.160 e. The molecule has 47 heavy (non-hydrogen) atoms. The fraction of sp³-hybridized carbons (Fsp3) is 0.950. The molecule has 1 aliphatic rings. The van der Waals surface area contributed by atoms with Gasteiger partial charge in [0.25, 0.3) is 0 Å². The molecule has 278 valence electrons. The summed E-state index contributed by atoms with van der Waals surface area (Å²) < 4.78 is 17.6. The monoisotopic (exact) mass is 701 g/mol. The zero-order valence-electron chi connectivity index (χ0n) is 30.9. The Balaban J connectivity index is 2.04. The van der Waals surface area contributed by atoms with Gasteiger partial charge in [0.05, 0.1) is 13.2 Å². The van der Waals surface area contributed by atoms with Crippen LogP contribution in [0.5, 0.6) is 0 Å². The smallest absolute Gasteiger partial charge is 0.160 e. The molecule has 1 fully saturated rings.